The number of carbonyl (C=O) groups is 1. The van der Waals surface area contributed by atoms with Crippen LogP contribution < -0.4 is 5.84 Å². The molecule has 0 heterocycles. The number of nitrogens with zero attached hydrogens (tertiary/aromatic N) is 1. The molecule has 2 N–H and O–H groups in total. The zero-order valence-corrected chi connectivity index (χ0v) is 8.21. The van der Waals surface area contributed by atoms with Gasteiger partial charge in [-0.2, -0.15) is 0 Å². The van der Waals surface area contributed by atoms with E-state index in [1.165, 1.54) is 7.05 Å². The van der Waals surface area contributed by atoms with E-state index in [-0.39, 0.29) is 5.91 Å². The highest BCUT2D eigenvalue weighted by molar-refractivity contribution is 9.10. The minimum Gasteiger partial charge on any atom is -0.280 e. The maximum Gasteiger partial charge on any atom is 0.268 e. The Morgan fingerprint density at radius 3 is 2.58 bits per heavy atom. The van der Waals surface area contributed by atoms with Crippen LogP contribution in [0.15, 0.2) is 28.7 Å². The first-order valence-corrected chi connectivity index (χ1v) is 4.19. The zero-order chi connectivity index (χ0) is 9.14. The van der Waals surface area contributed by atoms with Gasteiger partial charge in [0.15, 0.2) is 0 Å². The van der Waals surface area contributed by atoms with Crippen molar-refractivity contribution >= 4 is 21.8 Å². The Kier molecular flexibility index (Phi) is 2.83. The molecule has 0 spiro atoms. The maximum atomic E-state index is 11.3. The van der Waals surface area contributed by atoms with Gasteiger partial charge in [-0.1, -0.05) is 12.1 Å². The van der Waals surface area contributed by atoms with E-state index in [1.807, 2.05) is 6.07 Å². The van der Waals surface area contributed by atoms with Crippen molar-refractivity contribution in [3.05, 3.63) is 34.3 Å². The molecule has 0 aromatic heterocycles. The molecule has 4 heteroatoms. The van der Waals surface area contributed by atoms with Gasteiger partial charge in [-0.25, -0.2) is 5.84 Å². The molecule has 0 fully saturated rings. The molecule has 0 radical (unpaired) electrons. The topological polar surface area (TPSA) is 46.3 Å². The summed E-state index contributed by atoms with van der Waals surface area (Å²) in [7, 11) is 1.52. The third-order valence-electron chi connectivity index (χ3n) is 1.42. The van der Waals surface area contributed by atoms with Crippen LogP contribution in [0.3, 0.4) is 0 Å². The van der Waals surface area contributed by atoms with Crippen LogP contribution in [0.2, 0.25) is 0 Å². The fraction of sp³-hybridized carbons (Fsp3) is 0.125. The van der Waals surface area contributed by atoms with E-state index in [1.54, 1.807) is 18.2 Å². The monoisotopic (exact) mass is 228 g/mol. The molecule has 0 aliphatic carbocycles. The number of benzene rings is 1. The fourth-order valence-corrected chi connectivity index (χ4v) is 1.28. The summed E-state index contributed by atoms with van der Waals surface area (Å²) in [5.41, 5.74) is 0.572. The summed E-state index contributed by atoms with van der Waals surface area (Å²) >= 11 is 3.26. The normalized spacial score (nSPS) is 9.58. The zero-order valence-electron chi connectivity index (χ0n) is 6.62. The molecule has 0 bridgehead atoms. The van der Waals surface area contributed by atoms with Gasteiger partial charge in [-0.3, -0.25) is 9.80 Å². The van der Waals surface area contributed by atoms with Crippen LogP contribution in [0, 0.1) is 0 Å². The van der Waals surface area contributed by atoms with Crippen LogP contribution in [-0.4, -0.2) is 18.0 Å². The average molecular weight is 229 g/mol. The van der Waals surface area contributed by atoms with Crippen LogP contribution in [-0.2, 0) is 0 Å². The first kappa shape index (κ1) is 9.22. The lowest BCUT2D eigenvalue weighted by Crippen LogP contribution is -2.33. The average Bonchev–Trinajstić information content (AvgIpc) is 2.04. The summed E-state index contributed by atoms with van der Waals surface area (Å²) in [5.74, 6) is 5.09. The highest BCUT2D eigenvalue weighted by atomic mass is 79.9. The maximum absolute atomic E-state index is 11.3. The molecule has 1 aromatic carbocycles. The van der Waals surface area contributed by atoms with E-state index < -0.39 is 0 Å². The van der Waals surface area contributed by atoms with Crippen LogP contribution in [0.5, 0.6) is 0 Å². The van der Waals surface area contributed by atoms with Crippen molar-refractivity contribution in [1.29, 1.82) is 0 Å². The molecular weight excluding hydrogens is 220 g/mol. The van der Waals surface area contributed by atoms with Gasteiger partial charge in [0.25, 0.3) is 5.91 Å². The van der Waals surface area contributed by atoms with Crippen LogP contribution in [0.4, 0.5) is 0 Å². The van der Waals surface area contributed by atoms with Gasteiger partial charge in [0.2, 0.25) is 0 Å². The van der Waals surface area contributed by atoms with Crippen molar-refractivity contribution in [2.45, 2.75) is 0 Å². The summed E-state index contributed by atoms with van der Waals surface area (Å²) < 4.78 is 0.757. The molecule has 1 amide bonds. The number of amides is 1. The van der Waals surface area contributed by atoms with Crippen LogP contribution in [0.1, 0.15) is 10.4 Å². The highest BCUT2D eigenvalue weighted by Gasteiger charge is 2.10. The third kappa shape index (κ3) is 1.84. The van der Waals surface area contributed by atoms with Crippen LogP contribution in [0.25, 0.3) is 0 Å². The van der Waals surface area contributed by atoms with E-state index in [0.717, 1.165) is 9.48 Å². The molecule has 64 valence electrons. The minimum atomic E-state index is -0.206. The molecule has 0 saturated carbocycles. The van der Waals surface area contributed by atoms with E-state index in [9.17, 15) is 4.79 Å². The number of carbonyl (C=O) groups excluding carboxylic acids is 1. The minimum absolute atomic E-state index is 0.206. The van der Waals surface area contributed by atoms with Crippen LogP contribution >= 0.6 is 15.9 Å². The van der Waals surface area contributed by atoms with Gasteiger partial charge in [0.05, 0.1) is 5.56 Å². The van der Waals surface area contributed by atoms with Crippen molar-refractivity contribution in [1.82, 2.24) is 5.01 Å². The van der Waals surface area contributed by atoms with Gasteiger partial charge >= 0.3 is 0 Å². The molecule has 3 nitrogen and oxygen atoms in total. The molecule has 0 aliphatic rings. The first-order chi connectivity index (χ1) is 5.63. The SMILES string of the molecule is CN(N)C(=O)c1ccccc1Br. The van der Waals surface area contributed by atoms with Crippen molar-refractivity contribution in [2.75, 3.05) is 7.05 Å². The van der Waals surface area contributed by atoms with Crippen molar-refractivity contribution < 1.29 is 4.79 Å². The summed E-state index contributed by atoms with van der Waals surface area (Å²) in [5, 5.41) is 1.06. The van der Waals surface area contributed by atoms with Crippen molar-refractivity contribution in [3.8, 4) is 0 Å². The number of hydrogen-bond acceptors (Lipinski definition) is 2. The van der Waals surface area contributed by atoms with Crippen molar-refractivity contribution in [2.24, 2.45) is 5.84 Å². The molecule has 1 rings (SSSR count). The highest BCUT2D eigenvalue weighted by Crippen LogP contribution is 2.16. The number of halogens is 1. The number of hydrogen-bond donors (Lipinski definition) is 1. The Morgan fingerprint density at radius 2 is 2.08 bits per heavy atom. The van der Waals surface area contributed by atoms with Gasteiger partial charge in [0.1, 0.15) is 0 Å². The van der Waals surface area contributed by atoms with Gasteiger partial charge in [-0.15, -0.1) is 0 Å². The molecule has 0 aliphatic heterocycles. The smallest absolute Gasteiger partial charge is 0.268 e. The van der Waals surface area contributed by atoms with Gasteiger partial charge in [-0.05, 0) is 28.1 Å². The molecule has 1 aromatic rings. The molecule has 0 unspecified atom stereocenters. The third-order valence-corrected chi connectivity index (χ3v) is 2.12. The second-order valence-electron chi connectivity index (χ2n) is 2.40. The molecule has 0 atom stereocenters. The lowest BCUT2D eigenvalue weighted by Gasteiger charge is -2.10. The Balaban J connectivity index is 3.03. The van der Waals surface area contributed by atoms with Crippen molar-refractivity contribution in [3.63, 3.8) is 0 Å². The summed E-state index contributed by atoms with van der Waals surface area (Å²) in [6.07, 6.45) is 0. The van der Waals surface area contributed by atoms with E-state index in [0.29, 0.717) is 5.56 Å². The Hall–Kier alpha value is -0.870. The summed E-state index contributed by atoms with van der Waals surface area (Å²) in [6, 6.07) is 7.16. The predicted molar refractivity (Wildman–Crippen MR) is 50.4 cm³/mol. The molecule has 0 saturated heterocycles. The fourth-order valence-electron chi connectivity index (χ4n) is 0.825. The summed E-state index contributed by atoms with van der Waals surface area (Å²) in [6.45, 7) is 0. The van der Waals surface area contributed by atoms with E-state index in [4.69, 9.17) is 5.84 Å². The second-order valence-corrected chi connectivity index (χ2v) is 3.25. The standard InChI is InChI=1S/C8H9BrN2O/c1-11(10)8(12)6-4-2-3-5-7(6)9/h2-5H,10H2,1H3. The quantitative estimate of drug-likeness (QED) is 0.449. The number of nitrogens with two attached hydrogens (primary N) is 1. The largest absolute Gasteiger partial charge is 0.280 e. The second kappa shape index (κ2) is 3.69. The Morgan fingerprint density at radius 1 is 1.50 bits per heavy atom. The lowest BCUT2D eigenvalue weighted by atomic mass is 10.2. The molecular formula is C8H9BrN2O. The van der Waals surface area contributed by atoms with Gasteiger partial charge < -0.3 is 0 Å². The lowest BCUT2D eigenvalue weighted by molar-refractivity contribution is 0.0794. The first-order valence-electron chi connectivity index (χ1n) is 3.40. The van der Waals surface area contributed by atoms with E-state index in [2.05, 4.69) is 15.9 Å². The van der Waals surface area contributed by atoms with E-state index >= 15 is 0 Å². The summed E-state index contributed by atoms with van der Waals surface area (Å²) in [4.78, 5) is 11.3. The Labute approximate surface area is 79.3 Å². The number of rotatable bonds is 1. The Bertz CT molecular complexity index is 299. The van der Waals surface area contributed by atoms with Gasteiger partial charge in [0, 0.05) is 11.5 Å². The predicted octanol–water partition coefficient (Wildman–Crippen LogP) is 1.39. The molecule has 12 heavy (non-hydrogen) atoms. The number of hydrazine groups is 1.